The Bertz CT molecular complexity index is 691. The van der Waals surface area contributed by atoms with Crippen LogP contribution in [0, 0.1) is 0 Å². The molecule has 1 aliphatic heterocycles. The van der Waals surface area contributed by atoms with Gasteiger partial charge in [-0.3, -0.25) is 9.69 Å². The van der Waals surface area contributed by atoms with Crippen LogP contribution in [0.4, 0.5) is 0 Å². The third-order valence-corrected chi connectivity index (χ3v) is 4.74. The molecule has 0 atom stereocenters. The minimum Gasteiger partial charge on any atom is -0.508 e. The molecule has 2 aromatic rings. The number of phenols is 1. The van der Waals surface area contributed by atoms with E-state index in [0.29, 0.717) is 13.0 Å². The Hall–Kier alpha value is -2.33. The number of likely N-dealkylation sites (tertiary alicyclic amines) is 1. The highest BCUT2D eigenvalue weighted by atomic mass is 16.3. The van der Waals surface area contributed by atoms with E-state index in [4.69, 9.17) is 0 Å². The molecule has 132 valence electrons. The Morgan fingerprint density at radius 3 is 2.36 bits per heavy atom. The highest BCUT2D eigenvalue weighted by Crippen LogP contribution is 2.16. The van der Waals surface area contributed by atoms with Crippen LogP contribution in [0.15, 0.2) is 48.5 Å². The monoisotopic (exact) mass is 338 g/mol. The van der Waals surface area contributed by atoms with Crippen molar-refractivity contribution in [3.8, 4) is 5.75 Å². The summed E-state index contributed by atoms with van der Waals surface area (Å²) in [6, 6.07) is 15.1. The molecule has 1 amide bonds. The third kappa shape index (κ3) is 5.33. The van der Waals surface area contributed by atoms with E-state index in [0.717, 1.165) is 12.1 Å². The van der Waals surface area contributed by atoms with Gasteiger partial charge >= 0.3 is 0 Å². The molecular weight excluding hydrogens is 312 g/mol. The molecule has 1 fully saturated rings. The average molecular weight is 338 g/mol. The molecule has 2 N–H and O–H groups in total. The van der Waals surface area contributed by atoms with Gasteiger partial charge in [0.05, 0.1) is 6.42 Å². The van der Waals surface area contributed by atoms with Gasteiger partial charge in [0.15, 0.2) is 0 Å². The number of carbonyl (C=O) groups is 1. The van der Waals surface area contributed by atoms with Crippen molar-refractivity contribution in [2.75, 3.05) is 13.1 Å². The fourth-order valence-electron chi connectivity index (χ4n) is 3.30. The molecule has 2 aromatic carbocycles. The maximum absolute atomic E-state index is 12.2. The number of aromatic hydroxyl groups is 1. The highest BCUT2D eigenvalue weighted by Gasteiger charge is 2.13. The fraction of sp³-hybridized carbons (Fsp3) is 0.381. The quantitative estimate of drug-likeness (QED) is 0.850. The molecule has 1 saturated heterocycles. The van der Waals surface area contributed by atoms with E-state index in [2.05, 4.69) is 28.4 Å². The van der Waals surface area contributed by atoms with E-state index in [1.54, 1.807) is 24.3 Å². The van der Waals surface area contributed by atoms with Crippen molar-refractivity contribution >= 4 is 5.91 Å². The van der Waals surface area contributed by atoms with Crippen LogP contribution in [0.3, 0.4) is 0 Å². The van der Waals surface area contributed by atoms with E-state index in [1.165, 1.54) is 43.5 Å². The van der Waals surface area contributed by atoms with Gasteiger partial charge in [0.25, 0.3) is 0 Å². The lowest BCUT2D eigenvalue weighted by Gasteiger charge is -2.27. The summed E-state index contributed by atoms with van der Waals surface area (Å²) in [5, 5.41) is 12.3. The Labute approximate surface area is 149 Å². The van der Waals surface area contributed by atoms with Gasteiger partial charge in [0.2, 0.25) is 5.91 Å². The number of hydrogen-bond acceptors (Lipinski definition) is 3. The topological polar surface area (TPSA) is 52.6 Å². The largest absolute Gasteiger partial charge is 0.508 e. The number of nitrogens with one attached hydrogen (secondary N) is 1. The number of piperidine rings is 1. The van der Waals surface area contributed by atoms with Crippen molar-refractivity contribution in [3.05, 3.63) is 65.2 Å². The minimum absolute atomic E-state index is 0.00142. The number of carbonyl (C=O) groups excluding carboxylic acids is 1. The van der Waals surface area contributed by atoms with Gasteiger partial charge in [-0.1, -0.05) is 42.8 Å². The summed E-state index contributed by atoms with van der Waals surface area (Å²) in [5.74, 6) is 0.217. The highest BCUT2D eigenvalue weighted by molar-refractivity contribution is 5.78. The summed E-state index contributed by atoms with van der Waals surface area (Å²) in [5.41, 5.74) is 3.39. The summed E-state index contributed by atoms with van der Waals surface area (Å²) in [7, 11) is 0. The maximum Gasteiger partial charge on any atom is 0.224 e. The summed E-state index contributed by atoms with van der Waals surface area (Å²) in [6.45, 7) is 3.86. The summed E-state index contributed by atoms with van der Waals surface area (Å²) >= 11 is 0. The van der Waals surface area contributed by atoms with Crippen molar-refractivity contribution in [1.29, 1.82) is 0 Å². The Morgan fingerprint density at radius 2 is 1.64 bits per heavy atom. The Morgan fingerprint density at radius 1 is 0.960 bits per heavy atom. The number of benzene rings is 2. The van der Waals surface area contributed by atoms with Crippen molar-refractivity contribution in [2.24, 2.45) is 0 Å². The van der Waals surface area contributed by atoms with E-state index in [1.807, 2.05) is 6.07 Å². The number of amides is 1. The molecule has 4 heteroatoms. The Kier molecular flexibility index (Phi) is 6.07. The first-order valence-electron chi connectivity index (χ1n) is 9.04. The lowest BCUT2D eigenvalue weighted by molar-refractivity contribution is -0.120. The predicted molar refractivity (Wildman–Crippen MR) is 99.2 cm³/mol. The summed E-state index contributed by atoms with van der Waals surface area (Å²) < 4.78 is 0. The lowest BCUT2D eigenvalue weighted by atomic mass is 10.0. The van der Waals surface area contributed by atoms with Crippen molar-refractivity contribution in [1.82, 2.24) is 10.2 Å². The molecule has 0 bridgehead atoms. The first-order valence-corrected chi connectivity index (χ1v) is 9.04. The number of nitrogens with zero attached hydrogens (tertiary/aromatic N) is 1. The number of rotatable bonds is 6. The van der Waals surface area contributed by atoms with Crippen LogP contribution < -0.4 is 5.32 Å². The minimum atomic E-state index is -0.00142. The summed E-state index contributed by atoms with van der Waals surface area (Å²) in [6.07, 6.45) is 4.23. The van der Waals surface area contributed by atoms with Gasteiger partial charge in [0, 0.05) is 13.1 Å². The predicted octanol–water partition coefficient (Wildman–Crippen LogP) is 3.24. The molecule has 25 heavy (non-hydrogen) atoms. The molecule has 0 radical (unpaired) electrons. The first-order chi connectivity index (χ1) is 12.2. The van der Waals surface area contributed by atoms with Crippen LogP contribution in [0.1, 0.15) is 36.0 Å². The van der Waals surface area contributed by atoms with Crippen LogP contribution in [-0.2, 0) is 24.3 Å². The van der Waals surface area contributed by atoms with E-state index in [9.17, 15) is 9.90 Å². The van der Waals surface area contributed by atoms with E-state index in [-0.39, 0.29) is 11.7 Å². The van der Waals surface area contributed by atoms with Crippen molar-refractivity contribution < 1.29 is 9.90 Å². The molecule has 0 unspecified atom stereocenters. The second-order valence-corrected chi connectivity index (χ2v) is 6.73. The molecule has 0 aromatic heterocycles. The zero-order valence-corrected chi connectivity index (χ0v) is 14.6. The van der Waals surface area contributed by atoms with E-state index < -0.39 is 0 Å². The third-order valence-electron chi connectivity index (χ3n) is 4.74. The molecular formula is C21H26N2O2. The molecule has 0 saturated carbocycles. The van der Waals surface area contributed by atoms with Gasteiger partial charge in [-0.15, -0.1) is 0 Å². The van der Waals surface area contributed by atoms with Gasteiger partial charge in [-0.25, -0.2) is 0 Å². The second-order valence-electron chi connectivity index (χ2n) is 6.73. The second kappa shape index (κ2) is 8.67. The van der Waals surface area contributed by atoms with Gasteiger partial charge in [-0.2, -0.15) is 0 Å². The molecule has 4 nitrogen and oxygen atoms in total. The van der Waals surface area contributed by atoms with E-state index >= 15 is 0 Å². The maximum atomic E-state index is 12.2. The van der Waals surface area contributed by atoms with Crippen LogP contribution >= 0.6 is 0 Å². The van der Waals surface area contributed by atoms with Crippen molar-refractivity contribution in [3.63, 3.8) is 0 Å². The summed E-state index contributed by atoms with van der Waals surface area (Å²) in [4.78, 5) is 14.7. The standard InChI is InChI=1S/C21H26N2O2/c24-20-10-8-17(9-11-20)14-21(25)22-15-18-6-2-3-7-19(18)16-23-12-4-1-5-13-23/h2-3,6-11,24H,1,4-5,12-16H2,(H,22,25). The number of hydrogen-bond donors (Lipinski definition) is 2. The first kappa shape index (κ1) is 17.5. The molecule has 1 aliphatic rings. The van der Waals surface area contributed by atoms with Gasteiger partial charge < -0.3 is 10.4 Å². The Balaban J connectivity index is 1.55. The van der Waals surface area contributed by atoms with Crippen molar-refractivity contribution in [2.45, 2.75) is 38.8 Å². The van der Waals surface area contributed by atoms with Crippen LogP contribution in [-0.4, -0.2) is 29.0 Å². The van der Waals surface area contributed by atoms with Gasteiger partial charge in [-0.05, 0) is 54.8 Å². The average Bonchev–Trinajstić information content (AvgIpc) is 2.64. The lowest BCUT2D eigenvalue weighted by Crippen LogP contribution is -2.30. The molecule has 3 rings (SSSR count). The number of phenolic OH excluding ortho intramolecular Hbond substituents is 1. The van der Waals surface area contributed by atoms with Crippen LogP contribution in [0.25, 0.3) is 0 Å². The molecule has 0 aliphatic carbocycles. The molecule has 0 spiro atoms. The SMILES string of the molecule is O=C(Cc1ccc(O)cc1)NCc1ccccc1CN1CCCCC1. The van der Waals surface area contributed by atoms with Crippen LogP contribution in [0.2, 0.25) is 0 Å². The van der Waals surface area contributed by atoms with Crippen LogP contribution in [0.5, 0.6) is 5.75 Å². The normalized spacial score (nSPS) is 15.0. The smallest absolute Gasteiger partial charge is 0.224 e. The zero-order chi connectivity index (χ0) is 17.5. The zero-order valence-electron chi connectivity index (χ0n) is 14.6. The fourth-order valence-corrected chi connectivity index (χ4v) is 3.30. The van der Waals surface area contributed by atoms with Gasteiger partial charge in [0.1, 0.15) is 5.75 Å². The molecule has 1 heterocycles.